The highest BCUT2D eigenvalue weighted by Crippen LogP contribution is 2.40. The zero-order valence-electron chi connectivity index (χ0n) is 14.1. The highest BCUT2D eigenvalue weighted by Gasteiger charge is 2.22. The van der Waals surface area contributed by atoms with Crippen LogP contribution in [0.2, 0.25) is 5.02 Å². The molecule has 0 radical (unpaired) electrons. The summed E-state index contributed by atoms with van der Waals surface area (Å²) in [6.45, 7) is 0.176. The number of hydrogen-bond donors (Lipinski definition) is 1. The molecule has 7 heteroatoms. The fourth-order valence-corrected chi connectivity index (χ4v) is 5.25. The third-order valence-corrected chi connectivity index (χ3v) is 6.54. The van der Waals surface area contributed by atoms with Gasteiger partial charge in [0.25, 0.3) is 5.56 Å². The van der Waals surface area contributed by atoms with E-state index in [1.807, 2.05) is 0 Å². The summed E-state index contributed by atoms with van der Waals surface area (Å²) in [5.74, 6) is 1.70. The number of aryl methyl sites for hydroxylation is 2. The van der Waals surface area contributed by atoms with E-state index in [0.29, 0.717) is 27.9 Å². The molecule has 2 aromatic heterocycles. The number of aromatic nitrogens is 2. The summed E-state index contributed by atoms with van der Waals surface area (Å²) in [6.07, 6.45) is 6.80. The van der Waals surface area contributed by atoms with Gasteiger partial charge in [0, 0.05) is 16.5 Å². The maximum Gasteiger partial charge on any atom is 0.260 e. The van der Waals surface area contributed by atoms with Crippen molar-refractivity contribution in [3.63, 3.8) is 0 Å². The first kappa shape index (κ1) is 16.1. The lowest BCUT2D eigenvalue weighted by atomic mass is 9.98. The molecule has 1 aromatic carbocycles. The summed E-state index contributed by atoms with van der Waals surface area (Å²) in [7, 11) is 0. The van der Waals surface area contributed by atoms with Crippen molar-refractivity contribution in [1.82, 2.24) is 9.97 Å². The predicted octanol–water partition coefficient (Wildman–Crippen LogP) is 4.69. The fourth-order valence-electron chi connectivity index (χ4n) is 3.74. The van der Waals surface area contributed by atoms with Gasteiger partial charge in [0.2, 0.25) is 6.79 Å². The van der Waals surface area contributed by atoms with E-state index in [9.17, 15) is 4.79 Å². The van der Waals surface area contributed by atoms with Gasteiger partial charge in [-0.1, -0.05) is 24.4 Å². The molecule has 2 aliphatic rings. The molecule has 3 aromatic rings. The Kier molecular flexibility index (Phi) is 3.90. The van der Waals surface area contributed by atoms with Crippen LogP contribution >= 0.6 is 22.9 Å². The molecule has 0 unspecified atom stereocenters. The Hall–Kier alpha value is -2.05. The first-order valence-corrected chi connectivity index (χ1v) is 10.0. The quantitative estimate of drug-likeness (QED) is 0.656. The summed E-state index contributed by atoms with van der Waals surface area (Å²) < 4.78 is 10.8. The number of benzene rings is 1. The van der Waals surface area contributed by atoms with Crippen LogP contribution in [0.3, 0.4) is 0 Å². The molecular weight excluding hydrogens is 372 g/mol. The zero-order valence-corrected chi connectivity index (χ0v) is 15.6. The van der Waals surface area contributed by atoms with Crippen molar-refractivity contribution >= 4 is 33.2 Å². The highest BCUT2D eigenvalue weighted by molar-refractivity contribution is 7.18. The molecule has 3 heterocycles. The Balaban J connectivity index is 1.68. The Morgan fingerprint density at radius 1 is 1.08 bits per heavy atom. The van der Waals surface area contributed by atoms with E-state index in [2.05, 4.69) is 4.98 Å². The lowest BCUT2D eigenvalue weighted by molar-refractivity contribution is 0.174. The molecule has 0 saturated heterocycles. The lowest BCUT2D eigenvalue weighted by Gasteiger charge is -2.09. The highest BCUT2D eigenvalue weighted by atomic mass is 35.5. The van der Waals surface area contributed by atoms with E-state index in [1.165, 1.54) is 29.7 Å². The van der Waals surface area contributed by atoms with Gasteiger partial charge in [0.1, 0.15) is 10.7 Å². The van der Waals surface area contributed by atoms with Crippen molar-refractivity contribution in [2.24, 2.45) is 0 Å². The van der Waals surface area contributed by atoms with Crippen LogP contribution in [-0.2, 0) is 12.8 Å². The van der Waals surface area contributed by atoms with Gasteiger partial charge in [0.15, 0.2) is 11.5 Å². The number of aromatic amines is 1. The van der Waals surface area contributed by atoms with Crippen LogP contribution in [0.4, 0.5) is 0 Å². The second kappa shape index (κ2) is 6.28. The SMILES string of the molecule is O=c1[nH]c(-c2cc3c(cc2Cl)OCO3)nc2sc3c(c12)CCCCCC3. The molecule has 1 aliphatic heterocycles. The first-order chi connectivity index (χ1) is 12.7. The van der Waals surface area contributed by atoms with E-state index in [0.717, 1.165) is 29.5 Å². The van der Waals surface area contributed by atoms with Gasteiger partial charge in [-0.25, -0.2) is 4.98 Å². The van der Waals surface area contributed by atoms with Crippen molar-refractivity contribution < 1.29 is 9.47 Å². The molecule has 0 atom stereocenters. The molecule has 0 spiro atoms. The number of fused-ring (bicyclic) bond motifs is 4. The van der Waals surface area contributed by atoms with Gasteiger partial charge in [-0.3, -0.25) is 4.79 Å². The summed E-state index contributed by atoms with van der Waals surface area (Å²) in [5, 5.41) is 1.24. The van der Waals surface area contributed by atoms with Crippen LogP contribution in [0.5, 0.6) is 11.5 Å². The van der Waals surface area contributed by atoms with Crippen LogP contribution in [-0.4, -0.2) is 16.8 Å². The fraction of sp³-hybridized carbons (Fsp3) is 0.368. The number of ether oxygens (including phenoxy) is 2. The number of nitrogens with zero attached hydrogens (tertiary/aromatic N) is 1. The Labute approximate surface area is 158 Å². The summed E-state index contributed by atoms with van der Waals surface area (Å²) in [5.41, 5.74) is 1.76. The monoisotopic (exact) mass is 388 g/mol. The minimum absolute atomic E-state index is 0.0863. The standard InChI is InChI=1S/C19H17ClN2O3S/c20-12-8-14-13(24-9-25-14)7-11(12)17-21-18(23)16-10-5-3-1-2-4-6-15(10)26-19(16)22-17/h7-8H,1-6,9H2,(H,21,22,23). The van der Waals surface area contributed by atoms with Crippen LogP contribution in [0.15, 0.2) is 16.9 Å². The molecule has 26 heavy (non-hydrogen) atoms. The average Bonchev–Trinajstić information content (AvgIpc) is 3.18. The normalized spacial score (nSPS) is 16.3. The van der Waals surface area contributed by atoms with Gasteiger partial charge in [-0.15, -0.1) is 11.3 Å². The summed E-state index contributed by atoms with van der Waals surface area (Å²) in [4.78, 5) is 22.6. The largest absolute Gasteiger partial charge is 0.454 e. The third kappa shape index (κ3) is 2.59. The molecule has 0 bridgehead atoms. The van der Waals surface area contributed by atoms with E-state index in [1.54, 1.807) is 23.5 Å². The van der Waals surface area contributed by atoms with Gasteiger partial charge in [0.05, 0.1) is 10.4 Å². The lowest BCUT2D eigenvalue weighted by Crippen LogP contribution is -2.10. The van der Waals surface area contributed by atoms with E-state index in [-0.39, 0.29) is 12.4 Å². The Bertz CT molecular complexity index is 1070. The van der Waals surface area contributed by atoms with Crippen LogP contribution < -0.4 is 15.0 Å². The third-order valence-electron chi connectivity index (χ3n) is 5.04. The smallest absolute Gasteiger partial charge is 0.260 e. The van der Waals surface area contributed by atoms with E-state index < -0.39 is 0 Å². The molecule has 1 N–H and O–H groups in total. The molecule has 0 amide bonds. The van der Waals surface area contributed by atoms with Gasteiger partial charge in [-0.05, 0) is 37.3 Å². The minimum atomic E-state index is -0.0863. The second-order valence-corrected chi connectivity index (χ2v) is 8.19. The van der Waals surface area contributed by atoms with Crippen molar-refractivity contribution in [2.45, 2.75) is 38.5 Å². The zero-order chi connectivity index (χ0) is 17.7. The average molecular weight is 389 g/mol. The number of rotatable bonds is 1. The summed E-state index contributed by atoms with van der Waals surface area (Å²) in [6, 6.07) is 3.48. The minimum Gasteiger partial charge on any atom is -0.454 e. The second-order valence-electron chi connectivity index (χ2n) is 6.70. The van der Waals surface area contributed by atoms with Gasteiger partial charge < -0.3 is 14.5 Å². The first-order valence-electron chi connectivity index (χ1n) is 8.85. The molecule has 0 saturated carbocycles. The molecule has 5 rings (SSSR count). The maximum absolute atomic E-state index is 12.9. The van der Waals surface area contributed by atoms with Crippen LogP contribution in [0.25, 0.3) is 21.6 Å². The Morgan fingerprint density at radius 2 is 1.85 bits per heavy atom. The molecular formula is C19H17ClN2O3S. The number of H-pyrrole nitrogens is 1. The Morgan fingerprint density at radius 3 is 2.69 bits per heavy atom. The predicted molar refractivity (Wildman–Crippen MR) is 103 cm³/mol. The van der Waals surface area contributed by atoms with Gasteiger partial charge in [-0.2, -0.15) is 0 Å². The van der Waals surface area contributed by atoms with Crippen molar-refractivity contribution in [3.8, 4) is 22.9 Å². The molecule has 0 fully saturated rings. The van der Waals surface area contributed by atoms with Crippen molar-refractivity contribution in [2.75, 3.05) is 6.79 Å². The van der Waals surface area contributed by atoms with Crippen LogP contribution in [0, 0.1) is 0 Å². The maximum atomic E-state index is 12.9. The molecule has 134 valence electrons. The van der Waals surface area contributed by atoms with Crippen LogP contribution in [0.1, 0.15) is 36.1 Å². The number of halogens is 1. The number of thiophene rings is 1. The molecule has 1 aliphatic carbocycles. The molecule has 5 nitrogen and oxygen atoms in total. The number of hydrogen-bond acceptors (Lipinski definition) is 5. The number of nitrogens with one attached hydrogen (secondary N) is 1. The van der Waals surface area contributed by atoms with Crippen molar-refractivity contribution in [3.05, 3.63) is 37.9 Å². The topological polar surface area (TPSA) is 64.2 Å². The van der Waals surface area contributed by atoms with E-state index >= 15 is 0 Å². The van der Waals surface area contributed by atoms with Gasteiger partial charge >= 0.3 is 0 Å². The van der Waals surface area contributed by atoms with Crippen molar-refractivity contribution in [1.29, 1.82) is 0 Å². The summed E-state index contributed by atoms with van der Waals surface area (Å²) >= 11 is 8.04. The van der Waals surface area contributed by atoms with E-state index in [4.69, 9.17) is 26.1 Å².